The highest BCUT2D eigenvalue weighted by atomic mass is 35.5. The minimum atomic E-state index is -0.190. The Labute approximate surface area is 183 Å². The molecule has 160 valence electrons. The number of phenols is 1. The highest BCUT2D eigenvalue weighted by molar-refractivity contribution is 6.31. The van der Waals surface area contributed by atoms with Gasteiger partial charge in [0.25, 0.3) is 0 Å². The molecule has 0 aliphatic rings. The van der Waals surface area contributed by atoms with Gasteiger partial charge in [0.2, 0.25) is 0 Å². The third kappa shape index (κ3) is 5.77. The Kier molecular flexibility index (Phi) is 6.16. The van der Waals surface area contributed by atoms with Gasteiger partial charge in [-0.25, -0.2) is 0 Å². The van der Waals surface area contributed by atoms with Gasteiger partial charge in [-0.15, -0.1) is 0 Å². The number of hydrogen-bond acceptors (Lipinski definition) is 5. The van der Waals surface area contributed by atoms with E-state index < -0.39 is 0 Å². The van der Waals surface area contributed by atoms with Crippen molar-refractivity contribution in [3.05, 3.63) is 53.2 Å². The lowest BCUT2D eigenvalue weighted by molar-refractivity contribution is 0.412. The van der Waals surface area contributed by atoms with Crippen LogP contribution in [0.4, 0.5) is 17.1 Å². The number of benzene rings is 2. The first-order chi connectivity index (χ1) is 13.9. The van der Waals surface area contributed by atoms with E-state index in [-0.39, 0.29) is 16.8 Å². The van der Waals surface area contributed by atoms with Crippen molar-refractivity contribution < 1.29 is 5.11 Å². The molecule has 0 aliphatic heterocycles. The fourth-order valence-corrected chi connectivity index (χ4v) is 3.31. The molecular formula is C24H31ClN4O. The Morgan fingerprint density at radius 1 is 0.933 bits per heavy atom. The van der Waals surface area contributed by atoms with Crippen molar-refractivity contribution in [3.8, 4) is 5.75 Å². The van der Waals surface area contributed by atoms with Gasteiger partial charge in [-0.3, -0.25) is 4.98 Å². The van der Waals surface area contributed by atoms with E-state index >= 15 is 0 Å². The van der Waals surface area contributed by atoms with Crippen LogP contribution in [0.5, 0.6) is 5.75 Å². The number of nitrogens with one attached hydrogen (secondary N) is 3. The highest BCUT2D eigenvalue weighted by Crippen LogP contribution is 2.36. The molecule has 0 unspecified atom stereocenters. The standard InChI is InChI=1S/C24H31ClN4O/c1-23(2,3)27-14-15-11-17(13-21(22(15)30)29-24(4,5)6)28-19-9-10-26-20-12-16(25)7-8-18(19)20/h7-13,27,29-30H,14H2,1-6H3,(H,26,28). The van der Waals surface area contributed by atoms with Gasteiger partial charge in [-0.2, -0.15) is 0 Å². The molecule has 0 fully saturated rings. The summed E-state index contributed by atoms with van der Waals surface area (Å²) in [4.78, 5) is 4.41. The van der Waals surface area contributed by atoms with E-state index in [0.717, 1.165) is 27.8 Å². The molecular weight excluding hydrogens is 396 g/mol. The minimum Gasteiger partial charge on any atom is -0.505 e. The second-order valence-corrected chi connectivity index (χ2v) is 10.1. The second kappa shape index (κ2) is 8.32. The molecule has 0 spiro atoms. The molecule has 3 rings (SSSR count). The number of anilines is 3. The Bertz CT molecular complexity index is 1050. The van der Waals surface area contributed by atoms with Crippen molar-refractivity contribution in [1.82, 2.24) is 10.3 Å². The van der Waals surface area contributed by atoms with Gasteiger partial charge in [0.1, 0.15) is 5.75 Å². The summed E-state index contributed by atoms with van der Waals surface area (Å²) >= 11 is 6.12. The SMILES string of the molecule is CC(C)(C)NCc1cc(Nc2ccnc3cc(Cl)ccc23)cc(NC(C)(C)C)c1O. The maximum absolute atomic E-state index is 10.9. The molecule has 0 aliphatic carbocycles. The first-order valence-corrected chi connectivity index (χ1v) is 10.5. The number of nitrogens with zero attached hydrogens (tertiary/aromatic N) is 1. The van der Waals surface area contributed by atoms with Crippen LogP contribution in [0, 0.1) is 0 Å². The molecule has 1 aromatic heterocycles. The van der Waals surface area contributed by atoms with Gasteiger partial charge in [0.05, 0.1) is 11.2 Å². The molecule has 0 atom stereocenters. The van der Waals surface area contributed by atoms with Gasteiger partial charge in [0, 0.05) is 51.2 Å². The molecule has 3 aromatic rings. The number of pyridine rings is 1. The maximum atomic E-state index is 10.9. The summed E-state index contributed by atoms with van der Waals surface area (Å²) in [5.74, 6) is 0.263. The van der Waals surface area contributed by atoms with Crippen LogP contribution in [-0.2, 0) is 6.54 Å². The zero-order chi connectivity index (χ0) is 22.1. The fraction of sp³-hybridized carbons (Fsp3) is 0.375. The van der Waals surface area contributed by atoms with E-state index in [4.69, 9.17) is 11.6 Å². The maximum Gasteiger partial charge on any atom is 0.143 e. The van der Waals surface area contributed by atoms with Crippen molar-refractivity contribution in [3.63, 3.8) is 0 Å². The van der Waals surface area contributed by atoms with Crippen LogP contribution in [0.1, 0.15) is 47.1 Å². The Balaban J connectivity index is 2.02. The molecule has 5 nitrogen and oxygen atoms in total. The van der Waals surface area contributed by atoms with E-state index in [2.05, 4.69) is 62.5 Å². The smallest absolute Gasteiger partial charge is 0.143 e. The molecule has 0 saturated heterocycles. The second-order valence-electron chi connectivity index (χ2n) is 9.66. The number of rotatable bonds is 5. The molecule has 0 saturated carbocycles. The third-order valence-corrected chi connectivity index (χ3v) is 4.73. The number of aromatic hydroxyl groups is 1. The quantitative estimate of drug-likeness (QED) is 0.279. The molecule has 30 heavy (non-hydrogen) atoms. The number of halogens is 1. The summed E-state index contributed by atoms with van der Waals surface area (Å²) in [5, 5.41) is 22.9. The third-order valence-electron chi connectivity index (χ3n) is 4.49. The van der Waals surface area contributed by atoms with Crippen LogP contribution in [0.2, 0.25) is 5.02 Å². The molecule has 2 aromatic carbocycles. The summed E-state index contributed by atoms with van der Waals surface area (Å²) in [5.41, 5.74) is 3.90. The van der Waals surface area contributed by atoms with Crippen molar-refractivity contribution in [2.24, 2.45) is 0 Å². The number of phenolic OH excluding ortho intramolecular Hbond substituents is 1. The average Bonchev–Trinajstić information content (AvgIpc) is 2.61. The van der Waals surface area contributed by atoms with Crippen LogP contribution in [0.25, 0.3) is 10.9 Å². The molecule has 0 amide bonds. The summed E-state index contributed by atoms with van der Waals surface area (Å²) in [6, 6.07) is 11.5. The molecule has 6 heteroatoms. The first kappa shape index (κ1) is 22.2. The normalized spacial score (nSPS) is 12.2. The largest absolute Gasteiger partial charge is 0.505 e. The summed E-state index contributed by atoms with van der Waals surface area (Å²) in [7, 11) is 0. The molecule has 4 N–H and O–H groups in total. The van der Waals surface area contributed by atoms with Crippen LogP contribution in [0.3, 0.4) is 0 Å². The van der Waals surface area contributed by atoms with Crippen LogP contribution in [0.15, 0.2) is 42.6 Å². The predicted octanol–water partition coefficient (Wildman–Crippen LogP) is 6.44. The van der Waals surface area contributed by atoms with E-state index in [1.165, 1.54) is 0 Å². The lowest BCUT2D eigenvalue weighted by Crippen LogP contribution is -2.35. The molecule has 1 heterocycles. The van der Waals surface area contributed by atoms with Crippen LogP contribution < -0.4 is 16.0 Å². The van der Waals surface area contributed by atoms with Gasteiger partial charge in [-0.1, -0.05) is 11.6 Å². The lowest BCUT2D eigenvalue weighted by atomic mass is 10.0. The first-order valence-electron chi connectivity index (χ1n) is 10.1. The zero-order valence-electron chi connectivity index (χ0n) is 18.5. The van der Waals surface area contributed by atoms with Gasteiger partial charge in [0.15, 0.2) is 0 Å². The Hall–Kier alpha value is -2.50. The monoisotopic (exact) mass is 426 g/mol. The van der Waals surface area contributed by atoms with Crippen molar-refractivity contribution >= 4 is 39.6 Å². The minimum absolute atomic E-state index is 0.0614. The van der Waals surface area contributed by atoms with Crippen molar-refractivity contribution in [1.29, 1.82) is 0 Å². The molecule has 0 radical (unpaired) electrons. The van der Waals surface area contributed by atoms with Gasteiger partial charge >= 0.3 is 0 Å². The predicted molar refractivity (Wildman–Crippen MR) is 128 cm³/mol. The summed E-state index contributed by atoms with van der Waals surface area (Å²) < 4.78 is 0. The van der Waals surface area contributed by atoms with E-state index in [1.54, 1.807) is 6.20 Å². The number of aromatic nitrogens is 1. The fourth-order valence-electron chi connectivity index (χ4n) is 3.15. The number of hydrogen-bond donors (Lipinski definition) is 4. The lowest BCUT2D eigenvalue weighted by Gasteiger charge is -2.26. The highest BCUT2D eigenvalue weighted by Gasteiger charge is 2.18. The topological polar surface area (TPSA) is 69.2 Å². The number of fused-ring (bicyclic) bond motifs is 1. The van der Waals surface area contributed by atoms with E-state index in [0.29, 0.717) is 17.3 Å². The average molecular weight is 427 g/mol. The van der Waals surface area contributed by atoms with E-state index in [9.17, 15) is 5.11 Å². The van der Waals surface area contributed by atoms with E-state index in [1.807, 2.05) is 36.4 Å². The van der Waals surface area contributed by atoms with Crippen molar-refractivity contribution in [2.45, 2.75) is 59.2 Å². The van der Waals surface area contributed by atoms with Gasteiger partial charge in [-0.05, 0) is 77.9 Å². The summed E-state index contributed by atoms with van der Waals surface area (Å²) in [6.07, 6.45) is 1.76. The van der Waals surface area contributed by atoms with Crippen LogP contribution >= 0.6 is 11.6 Å². The van der Waals surface area contributed by atoms with Gasteiger partial charge < -0.3 is 21.1 Å². The van der Waals surface area contributed by atoms with Crippen LogP contribution in [-0.4, -0.2) is 21.2 Å². The van der Waals surface area contributed by atoms with Crippen molar-refractivity contribution in [2.75, 3.05) is 10.6 Å². The Morgan fingerprint density at radius 2 is 1.67 bits per heavy atom. The molecule has 0 bridgehead atoms. The zero-order valence-corrected chi connectivity index (χ0v) is 19.3. The summed E-state index contributed by atoms with van der Waals surface area (Å²) in [6.45, 7) is 13.1. The Morgan fingerprint density at radius 3 is 2.33 bits per heavy atom.